The Morgan fingerprint density at radius 1 is 1.04 bits per heavy atom. The molecule has 0 saturated heterocycles. The summed E-state index contributed by atoms with van der Waals surface area (Å²) in [5.74, 6) is 1.89. The summed E-state index contributed by atoms with van der Waals surface area (Å²) in [6, 6.07) is 15.6. The van der Waals surface area contributed by atoms with Gasteiger partial charge in [0.2, 0.25) is 0 Å². The van der Waals surface area contributed by atoms with Gasteiger partial charge in [-0.25, -0.2) is 0 Å². The number of halogens is 1. The van der Waals surface area contributed by atoms with Gasteiger partial charge in [-0.3, -0.25) is 0 Å². The summed E-state index contributed by atoms with van der Waals surface area (Å²) in [6.07, 6.45) is -0.509. The molecule has 1 unspecified atom stereocenters. The SMILES string of the molecule is CC(C)c1ccc(OCC(O)CSc2ccc(Cl)cc2)cc1.[V]. The number of rotatable bonds is 7. The molecule has 0 bridgehead atoms. The maximum atomic E-state index is 10.00. The van der Waals surface area contributed by atoms with E-state index in [9.17, 15) is 5.11 Å². The minimum absolute atomic E-state index is 0. The molecule has 0 aliphatic heterocycles. The Labute approximate surface area is 159 Å². The fourth-order valence-corrected chi connectivity index (χ4v) is 2.85. The molecule has 123 valence electrons. The van der Waals surface area contributed by atoms with Gasteiger partial charge in [0.1, 0.15) is 12.4 Å². The van der Waals surface area contributed by atoms with E-state index in [0.29, 0.717) is 18.3 Å². The Morgan fingerprint density at radius 3 is 2.22 bits per heavy atom. The van der Waals surface area contributed by atoms with Crippen LogP contribution in [0.4, 0.5) is 0 Å². The molecule has 0 amide bonds. The topological polar surface area (TPSA) is 29.5 Å². The fourth-order valence-electron chi connectivity index (χ4n) is 1.91. The standard InChI is InChI=1S/C18H21ClO2S.V/c1-13(2)14-3-7-17(8-4-14)21-11-16(20)12-22-18-9-5-15(19)6-10-18;/h3-10,13,16,20H,11-12H2,1-2H3;. The van der Waals surface area contributed by atoms with Crippen molar-refractivity contribution in [2.45, 2.75) is 30.8 Å². The van der Waals surface area contributed by atoms with E-state index in [1.807, 2.05) is 36.4 Å². The van der Waals surface area contributed by atoms with Crippen LogP contribution < -0.4 is 4.74 Å². The monoisotopic (exact) mass is 387 g/mol. The molecular formula is C18H21ClO2SV. The van der Waals surface area contributed by atoms with E-state index in [1.54, 1.807) is 11.8 Å². The minimum atomic E-state index is -0.509. The summed E-state index contributed by atoms with van der Waals surface area (Å²) in [5, 5.41) is 10.7. The Balaban J connectivity index is 0.00000264. The third-order valence-corrected chi connectivity index (χ3v) is 4.65. The molecule has 2 rings (SSSR count). The van der Waals surface area contributed by atoms with Crippen molar-refractivity contribution in [2.75, 3.05) is 12.4 Å². The van der Waals surface area contributed by atoms with Crippen molar-refractivity contribution in [1.82, 2.24) is 0 Å². The van der Waals surface area contributed by atoms with Crippen LogP contribution in [0, 0.1) is 0 Å². The summed E-state index contributed by atoms with van der Waals surface area (Å²) < 4.78 is 5.63. The van der Waals surface area contributed by atoms with Gasteiger partial charge in [-0.15, -0.1) is 11.8 Å². The van der Waals surface area contributed by atoms with Gasteiger partial charge < -0.3 is 9.84 Å². The maximum Gasteiger partial charge on any atom is 0.119 e. The first-order valence-electron chi connectivity index (χ1n) is 7.34. The van der Waals surface area contributed by atoms with Gasteiger partial charge in [-0.2, -0.15) is 0 Å². The summed E-state index contributed by atoms with van der Waals surface area (Å²) in [7, 11) is 0. The van der Waals surface area contributed by atoms with E-state index >= 15 is 0 Å². The van der Waals surface area contributed by atoms with E-state index in [1.165, 1.54) is 5.56 Å². The first-order chi connectivity index (χ1) is 10.5. The largest absolute Gasteiger partial charge is 0.491 e. The molecule has 2 aromatic rings. The van der Waals surface area contributed by atoms with Crippen molar-refractivity contribution in [1.29, 1.82) is 0 Å². The van der Waals surface area contributed by atoms with Crippen LogP contribution in [0.3, 0.4) is 0 Å². The number of benzene rings is 2. The van der Waals surface area contributed by atoms with E-state index < -0.39 is 6.10 Å². The quantitative estimate of drug-likeness (QED) is 0.678. The van der Waals surface area contributed by atoms with Crippen molar-refractivity contribution < 1.29 is 28.4 Å². The molecule has 1 N–H and O–H groups in total. The van der Waals surface area contributed by atoms with Crippen molar-refractivity contribution >= 4 is 23.4 Å². The average molecular weight is 388 g/mol. The number of hydrogen-bond donors (Lipinski definition) is 1. The number of hydrogen-bond acceptors (Lipinski definition) is 3. The van der Waals surface area contributed by atoms with Crippen LogP contribution in [0.5, 0.6) is 5.75 Å². The van der Waals surface area contributed by atoms with Gasteiger partial charge in [0.25, 0.3) is 0 Å². The average Bonchev–Trinajstić information content (AvgIpc) is 2.52. The molecule has 23 heavy (non-hydrogen) atoms. The molecule has 0 spiro atoms. The molecule has 1 radical (unpaired) electrons. The van der Waals surface area contributed by atoms with Gasteiger partial charge >= 0.3 is 0 Å². The van der Waals surface area contributed by atoms with Gasteiger partial charge in [-0.05, 0) is 47.9 Å². The van der Waals surface area contributed by atoms with Gasteiger partial charge in [-0.1, -0.05) is 37.6 Å². The first-order valence-corrected chi connectivity index (χ1v) is 8.70. The zero-order valence-electron chi connectivity index (χ0n) is 13.3. The summed E-state index contributed by atoms with van der Waals surface area (Å²) >= 11 is 7.43. The number of ether oxygens (including phenoxy) is 1. The van der Waals surface area contributed by atoms with Gasteiger partial charge in [0.05, 0.1) is 6.10 Å². The summed E-state index contributed by atoms with van der Waals surface area (Å²) in [6.45, 7) is 4.61. The predicted molar refractivity (Wildman–Crippen MR) is 94.2 cm³/mol. The molecule has 0 heterocycles. The fraction of sp³-hybridized carbons (Fsp3) is 0.333. The third kappa shape index (κ3) is 7.24. The van der Waals surface area contributed by atoms with Crippen molar-refractivity contribution in [3.8, 4) is 5.75 Å². The molecule has 0 fully saturated rings. The first kappa shape index (κ1) is 20.5. The Hall–Kier alpha value is -0.576. The second-order valence-corrected chi connectivity index (χ2v) is 6.98. The number of aliphatic hydroxyl groups is 1. The van der Waals surface area contributed by atoms with Crippen LogP contribution in [0.2, 0.25) is 5.02 Å². The molecule has 0 saturated carbocycles. The predicted octanol–water partition coefficient (Wildman–Crippen LogP) is 4.99. The summed E-state index contributed by atoms with van der Waals surface area (Å²) in [5.41, 5.74) is 1.28. The molecular weight excluding hydrogens is 367 g/mol. The van der Waals surface area contributed by atoms with Crippen molar-refractivity contribution in [3.05, 3.63) is 59.1 Å². The second-order valence-electron chi connectivity index (χ2n) is 5.45. The normalized spacial score (nSPS) is 11.9. The Kier molecular flexibility index (Phi) is 9.19. The van der Waals surface area contributed by atoms with Crippen LogP contribution in [0.25, 0.3) is 0 Å². The van der Waals surface area contributed by atoms with Crippen LogP contribution >= 0.6 is 23.4 Å². The van der Waals surface area contributed by atoms with Gasteiger partial charge in [0, 0.05) is 34.2 Å². The molecule has 0 aliphatic rings. The van der Waals surface area contributed by atoms with Crippen LogP contribution in [0.1, 0.15) is 25.3 Å². The Bertz CT molecular complexity index is 573. The van der Waals surface area contributed by atoms with E-state index in [-0.39, 0.29) is 18.6 Å². The molecule has 5 heteroatoms. The van der Waals surface area contributed by atoms with E-state index in [4.69, 9.17) is 16.3 Å². The van der Waals surface area contributed by atoms with Crippen LogP contribution in [0.15, 0.2) is 53.4 Å². The molecule has 2 aromatic carbocycles. The second kappa shape index (κ2) is 10.3. The maximum absolute atomic E-state index is 10.00. The zero-order chi connectivity index (χ0) is 15.9. The third-order valence-electron chi connectivity index (χ3n) is 3.25. The molecule has 0 aliphatic carbocycles. The molecule has 2 nitrogen and oxygen atoms in total. The van der Waals surface area contributed by atoms with E-state index in [2.05, 4.69) is 26.0 Å². The number of thioether (sulfide) groups is 1. The van der Waals surface area contributed by atoms with Crippen LogP contribution in [-0.4, -0.2) is 23.6 Å². The zero-order valence-corrected chi connectivity index (χ0v) is 16.2. The Morgan fingerprint density at radius 2 is 1.65 bits per heavy atom. The van der Waals surface area contributed by atoms with Gasteiger partial charge in [0.15, 0.2) is 0 Å². The summed E-state index contributed by atoms with van der Waals surface area (Å²) in [4.78, 5) is 1.09. The van der Waals surface area contributed by atoms with Crippen molar-refractivity contribution in [3.63, 3.8) is 0 Å². The smallest absolute Gasteiger partial charge is 0.119 e. The minimum Gasteiger partial charge on any atom is -0.491 e. The molecule has 1 atom stereocenters. The van der Waals surface area contributed by atoms with Crippen LogP contribution in [-0.2, 0) is 18.6 Å². The van der Waals surface area contributed by atoms with E-state index in [0.717, 1.165) is 15.7 Å². The van der Waals surface area contributed by atoms with Crippen molar-refractivity contribution in [2.24, 2.45) is 0 Å². The molecule has 0 aromatic heterocycles. The number of aliphatic hydroxyl groups excluding tert-OH is 1.